The minimum Gasteiger partial charge on any atom is -0.396 e. The summed E-state index contributed by atoms with van der Waals surface area (Å²) in [4.78, 5) is 2.71. The van der Waals surface area contributed by atoms with E-state index in [9.17, 15) is 5.11 Å². The smallest absolute Gasteiger partial charge is 0.0434 e. The van der Waals surface area contributed by atoms with Gasteiger partial charge in [-0.25, -0.2) is 0 Å². The second-order valence-corrected chi connectivity index (χ2v) is 6.16. The number of rotatable bonds is 6. The van der Waals surface area contributed by atoms with Crippen LogP contribution in [0.5, 0.6) is 0 Å². The first-order chi connectivity index (χ1) is 8.83. The molecule has 0 aromatic rings. The summed E-state index contributed by atoms with van der Waals surface area (Å²) in [5, 5.41) is 12.9. The number of likely N-dealkylation sites (tertiary alicyclic amines) is 1. The maximum absolute atomic E-state index is 9.19. The van der Waals surface area contributed by atoms with Crippen molar-refractivity contribution in [2.75, 3.05) is 26.2 Å². The molecule has 3 nitrogen and oxygen atoms in total. The van der Waals surface area contributed by atoms with Gasteiger partial charge in [0, 0.05) is 31.8 Å². The second kappa shape index (κ2) is 7.46. The number of aliphatic hydroxyl groups excluding tert-OH is 1. The molecule has 2 unspecified atom stereocenters. The van der Waals surface area contributed by atoms with Gasteiger partial charge in [-0.2, -0.15) is 0 Å². The molecule has 0 aromatic heterocycles. The Morgan fingerprint density at radius 3 is 2.67 bits per heavy atom. The molecule has 0 spiro atoms. The van der Waals surface area contributed by atoms with Gasteiger partial charge >= 0.3 is 0 Å². The van der Waals surface area contributed by atoms with Crippen molar-refractivity contribution in [1.29, 1.82) is 0 Å². The molecule has 106 valence electrons. The standard InChI is InChI=1S/C15H30N2O/c1-2-8-16-14-10-13(7-9-18)11-17(12-14)15-5-3-4-6-15/h13-16,18H,2-12H2,1H3. The highest BCUT2D eigenvalue weighted by atomic mass is 16.3. The van der Waals surface area contributed by atoms with E-state index >= 15 is 0 Å². The van der Waals surface area contributed by atoms with Gasteiger partial charge < -0.3 is 10.4 Å². The van der Waals surface area contributed by atoms with E-state index in [0.29, 0.717) is 18.6 Å². The van der Waals surface area contributed by atoms with E-state index in [0.717, 1.165) is 19.0 Å². The average molecular weight is 254 g/mol. The Bertz CT molecular complexity index is 229. The highest BCUT2D eigenvalue weighted by Crippen LogP contribution is 2.29. The zero-order valence-electron chi connectivity index (χ0n) is 11.9. The van der Waals surface area contributed by atoms with Gasteiger partial charge in [-0.1, -0.05) is 19.8 Å². The largest absolute Gasteiger partial charge is 0.396 e. The molecule has 2 atom stereocenters. The lowest BCUT2D eigenvalue weighted by molar-refractivity contribution is 0.0863. The number of hydrogen-bond acceptors (Lipinski definition) is 3. The van der Waals surface area contributed by atoms with E-state index in [-0.39, 0.29) is 0 Å². The summed E-state index contributed by atoms with van der Waals surface area (Å²) in [5.41, 5.74) is 0. The van der Waals surface area contributed by atoms with Gasteiger partial charge in [-0.05, 0) is 44.6 Å². The molecule has 0 aromatic carbocycles. The Labute approximate surface area is 112 Å². The highest BCUT2D eigenvalue weighted by Gasteiger charge is 2.31. The van der Waals surface area contributed by atoms with Crippen molar-refractivity contribution in [2.45, 2.75) is 64.0 Å². The first-order valence-corrected chi connectivity index (χ1v) is 7.91. The molecule has 1 saturated carbocycles. The van der Waals surface area contributed by atoms with Crippen molar-refractivity contribution in [2.24, 2.45) is 5.92 Å². The van der Waals surface area contributed by atoms with Gasteiger partial charge in [0.15, 0.2) is 0 Å². The monoisotopic (exact) mass is 254 g/mol. The molecule has 3 heteroatoms. The SMILES string of the molecule is CCCNC1CC(CCO)CN(C2CCCC2)C1. The molecule has 0 amide bonds. The van der Waals surface area contributed by atoms with Crippen molar-refractivity contribution >= 4 is 0 Å². The van der Waals surface area contributed by atoms with Crippen LogP contribution in [-0.4, -0.2) is 48.3 Å². The molecular formula is C15H30N2O. The quantitative estimate of drug-likeness (QED) is 0.761. The van der Waals surface area contributed by atoms with E-state index in [4.69, 9.17) is 0 Å². The van der Waals surface area contributed by atoms with Crippen LogP contribution in [0, 0.1) is 5.92 Å². The van der Waals surface area contributed by atoms with Crippen molar-refractivity contribution in [3.8, 4) is 0 Å². The molecular weight excluding hydrogens is 224 g/mol. The Morgan fingerprint density at radius 2 is 2.00 bits per heavy atom. The molecule has 18 heavy (non-hydrogen) atoms. The molecule has 2 N–H and O–H groups in total. The van der Waals surface area contributed by atoms with Crippen molar-refractivity contribution in [1.82, 2.24) is 10.2 Å². The van der Waals surface area contributed by atoms with Gasteiger partial charge in [0.2, 0.25) is 0 Å². The molecule has 2 fully saturated rings. The summed E-state index contributed by atoms with van der Waals surface area (Å²) in [7, 11) is 0. The van der Waals surface area contributed by atoms with E-state index in [1.54, 1.807) is 0 Å². The average Bonchev–Trinajstić information content (AvgIpc) is 2.90. The Balaban J connectivity index is 1.87. The van der Waals surface area contributed by atoms with Gasteiger partial charge in [0.05, 0.1) is 0 Å². The summed E-state index contributed by atoms with van der Waals surface area (Å²) < 4.78 is 0. The third-order valence-corrected chi connectivity index (χ3v) is 4.63. The van der Waals surface area contributed by atoms with Crippen LogP contribution < -0.4 is 5.32 Å². The normalized spacial score (nSPS) is 31.0. The predicted molar refractivity (Wildman–Crippen MR) is 75.7 cm³/mol. The van der Waals surface area contributed by atoms with E-state index in [1.807, 2.05) is 0 Å². The van der Waals surface area contributed by atoms with E-state index in [2.05, 4.69) is 17.1 Å². The lowest BCUT2D eigenvalue weighted by atomic mass is 9.90. The van der Waals surface area contributed by atoms with Gasteiger partial charge in [0.1, 0.15) is 0 Å². The van der Waals surface area contributed by atoms with Crippen LogP contribution in [0.25, 0.3) is 0 Å². The predicted octanol–water partition coefficient (Wildman–Crippen LogP) is 2.00. The zero-order valence-corrected chi connectivity index (χ0v) is 11.9. The molecule has 1 heterocycles. The van der Waals surface area contributed by atoms with Gasteiger partial charge in [0.25, 0.3) is 0 Å². The topological polar surface area (TPSA) is 35.5 Å². The fraction of sp³-hybridized carbons (Fsp3) is 1.00. The van der Waals surface area contributed by atoms with Crippen LogP contribution in [0.4, 0.5) is 0 Å². The van der Waals surface area contributed by atoms with Crippen LogP contribution in [0.3, 0.4) is 0 Å². The van der Waals surface area contributed by atoms with Crippen LogP contribution in [0.15, 0.2) is 0 Å². The molecule has 0 radical (unpaired) electrons. The fourth-order valence-corrected chi connectivity index (χ4v) is 3.70. The maximum Gasteiger partial charge on any atom is 0.0434 e. The molecule has 1 saturated heterocycles. The minimum atomic E-state index is 0.351. The number of hydrogen-bond donors (Lipinski definition) is 2. The fourth-order valence-electron chi connectivity index (χ4n) is 3.70. The first kappa shape index (κ1) is 14.3. The second-order valence-electron chi connectivity index (χ2n) is 6.16. The van der Waals surface area contributed by atoms with Crippen LogP contribution >= 0.6 is 0 Å². The van der Waals surface area contributed by atoms with Crippen molar-refractivity contribution in [3.63, 3.8) is 0 Å². The van der Waals surface area contributed by atoms with E-state index < -0.39 is 0 Å². The number of aliphatic hydroxyl groups is 1. The Kier molecular flexibility index (Phi) is 5.93. The minimum absolute atomic E-state index is 0.351. The lowest BCUT2D eigenvalue weighted by Crippen LogP contribution is -2.52. The van der Waals surface area contributed by atoms with Crippen molar-refractivity contribution in [3.05, 3.63) is 0 Å². The summed E-state index contributed by atoms with van der Waals surface area (Å²) in [6.07, 6.45) is 9.07. The zero-order chi connectivity index (χ0) is 12.8. The summed E-state index contributed by atoms with van der Waals surface area (Å²) in [6, 6.07) is 1.48. The third-order valence-electron chi connectivity index (χ3n) is 4.63. The molecule has 2 rings (SSSR count). The summed E-state index contributed by atoms with van der Waals surface area (Å²) in [6.45, 7) is 6.16. The van der Waals surface area contributed by atoms with Gasteiger partial charge in [-0.15, -0.1) is 0 Å². The molecule has 1 aliphatic carbocycles. The highest BCUT2D eigenvalue weighted by molar-refractivity contribution is 4.88. The van der Waals surface area contributed by atoms with Crippen LogP contribution in [-0.2, 0) is 0 Å². The Morgan fingerprint density at radius 1 is 1.22 bits per heavy atom. The van der Waals surface area contributed by atoms with Crippen LogP contribution in [0.2, 0.25) is 0 Å². The van der Waals surface area contributed by atoms with Gasteiger partial charge in [-0.3, -0.25) is 4.90 Å². The molecule has 2 aliphatic rings. The summed E-state index contributed by atoms with van der Waals surface area (Å²) in [5.74, 6) is 0.693. The maximum atomic E-state index is 9.19. The Hall–Kier alpha value is -0.120. The lowest BCUT2D eigenvalue weighted by Gasteiger charge is -2.41. The third kappa shape index (κ3) is 3.94. The van der Waals surface area contributed by atoms with Crippen LogP contribution in [0.1, 0.15) is 51.9 Å². The summed E-state index contributed by atoms with van der Waals surface area (Å²) >= 11 is 0. The molecule has 1 aliphatic heterocycles. The first-order valence-electron chi connectivity index (χ1n) is 7.91. The number of nitrogens with zero attached hydrogens (tertiary/aromatic N) is 1. The van der Waals surface area contributed by atoms with E-state index in [1.165, 1.54) is 51.6 Å². The molecule has 0 bridgehead atoms. The number of nitrogens with one attached hydrogen (secondary N) is 1. The van der Waals surface area contributed by atoms with Crippen molar-refractivity contribution < 1.29 is 5.11 Å². The number of piperidine rings is 1.